The van der Waals surface area contributed by atoms with Gasteiger partial charge < -0.3 is 10.2 Å². The number of para-hydroxylation sites is 2. The molecular weight excluding hydrogens is 450 g/mol. The molecule has 0 saturated heterocycles. The number of sulfonamides is 1. The van der Waals surface area contributed by atoms with Crippen LogP contribution >= 0.6 is 11.6 Å². The van der Waals surface area contributed by atoms with Crippen LogP contribution in [0.4, 0.5) is 11.4 Å². The van der Waals surface area contributed by atoms with Crippen molar-refractivity contribution in [3.05, 3.63) is 88.9 Å². The van der Waals surface area contributed by atoms with Crippen LogP contribution in [0.3, 0.4) is 0 Å². The Morgan fingerprint density at radius 2 is 1.59 bits per heavy atom. The molecule has 3 aromatic carbocycles. The number of rotatable bonds is 7. The Hall–Kier alpha value is -3.36. The molecule has 0 heterocycles. The quantitative estimate of drug-likeness (QED) is 0.534. The Bertz CT molecular complexity index is 1260. The lowest BCUT2D eigenvalue weighted by atomic mass is 10.1. The lowest BCUT2D eigenvalue weighted by molar-refractivity contribution is -0.128. The van der Waals surface area contributed by atoms with Crippen LogP contribution in [0.15, 0.2) is 77.7 Å². The molecule has 0 spiro atoms. The standard InChI is InChI=1S/C23H22ClN3O4S/c1-16(28)27(2)15-18-8-3-5-12-21(18)25-23(29)17-9-7-10-19(14-17)32(30,31)26-22-13-6-4-11-20(22)24/h3-14,26H,15H2,1-2H3,(H,25,29). The summed E-state index contributed by atoms with van der Waals surface area (Å²) in [4.78, 5) is 25.9. The minimum Gasteiger partial charge on any atom is -0.342 e. The number of carbonyl (C=O) groups excluding carboxylic acids is 2. The van der Waals surface area contributed by atoms with Crippen LogP contribution < -0.4 is 10.0 Å². The van der Waals surface area contributed by atoms with Crippen LogP contribution in [0.5, 0.6) is 0 Å². The third-order valence-electron chi connectivity index (χ3n) is 4.74. The van der Waals surface area contributed by atoms with Crippen molar-refractivity contribution in [3.8, 4) is 0 Å². The van der Waals surface area contributed by atoms with E-state index in [9.17, 15) is 18.0 Å². The molecule has 0 fully saturated rings. The average molecular weight is 472 g/mol. The largest absolute Gasteiger partial charge is 0.342 e. The summed E-state index contributed by atoms with van der Waals surface area (Å²) in [5.41, 5.74) is 1.70. The highest BCUT2D eigenvalue weighted by Crippen LogP contribution is 2.25. The van der Waals surface area contributed by atoms with Gasteiger partial charge in [-0.1, -0.05) is 48.0 Å². The van der Waals surface area contributed by atoms with Crippen LogP contribution in [0.25, 0.3) is 0 Å². The summed E-state index contributed by atoms with van der Waals surface area (Å²) in [6.07, 6.45) is 0. The van der Waals surface area contributed by atoms with Gasteiger partial charge in [-0.3, -0.25) is 14.3 Å². The van der Waals surface area contributed by atoms with Gasteiger partial charge in [-0.05, 0) is 42.0 Å². The van der Waals surface area contributed by atoms with Crippen LogP contribution in [0.2, 0.25) is 5.02 Å². The fourth-order valence-corrected chi connectivity index (χ4v) is 4.26. The second kappa shape index (κ2) is 9.84. The molecule has 2 N–H and O–H groups in total. The van der Waals surface area contributed by atoms with Gasteiger partial charge in [0, 0.05) is 31.8 Å². The van der Waals surface area contributed by atoms with Gasteiger partial charge >= 0.3 is 0 Å². The first kappa shape index (κ1) is 23.3. The molecule has 3 aromatic rings. The fraction of sp³-hybridized carbons (Fsp3) is 0.130. The molecule has 0 aliphatic rings. The number of anilines is 2. The second-order valence-corrected chi connectivity index (χ2v) is 9.19. The monoisotopic (exact) mass is 471 g/mol. The number of hydrogen-bond acceptors (Lipinski definition) is 4. The number of nitrogens with one attached hydrogen (secondary N) is 2. The van der Waals surface area contributed by atoms with Crippen molar-refractivity contribution in [1.29, 1.82) is 0 Å². The van der Waals surface area contributed by atoms with Crippen molar-refractivity contribution < 1.29 is 18.0 Å². The van der Waals surface area contributed by atoms with E-state index in [1.807, 2.05) is 12.1 Å². The van der Waals surface area contributed by atoms with E-state index in [0.717, 1.165) is 5.56 Å². The van der Waals surface area contributed by atoms with Gasteiger partial charge in [0.1, 0.15) is 0 Å². The topological polar surface area (TPSA) is 95.6 Å². The lowest BCUT2D eigenvalue weighted by Crippen LogP contribution is -2.24. The molecule has 7 nitrogen and oxygen atoms in total. The number of amides is 2. The molecule has 3 rings (SSSR count). The molecule has 32 heavy (non-hydrogen) atoms. The molecule has 0 saturated carbocycles. The summed E-state index contributed by atoms with van der Waals surface area (Å²) < 4.78 is 28.0. The highest BCUT2D eigenvalue weighted by molar-refractivity contribution is 7.92. The van der Waals surface area contributed by atoms with E-state index in [2.05, 4.69) is 10.0 Å². The van der Waals surface area contributed by atoms with E-state index in [1.165, 1.54) is 36.1 Å². The Balaban J connectivity index is 1.82. The smallest absolute Gasteiger partial charge is 0.261 e. The van der Waals surface area contributed by atoms with Gasteiger partial charge in [0.15, 0.2) is 0 Å². The number of hydrogen-bond donors (Lipinski definition) is 2. The van der Waals surface area contributed by atoms with E-state index < -0.39 is 15.9 Å². The molecule has 0 atom stereocenters. The van der Waals surface area contributed by atoms with Crippen molar-refractivity contribution in [1.82, 2.24) is 4.90 Å². The zero-order valence-electron chi connectivity index (χ0n) is 17.5. The summed E-state index contributed by atoms with van der Waals surface area (Å²) in [5.74, 6) is -0.576. The third kappa shape index (κ3) is 5.66. The van der Waals surface area contributed by atoms with Gasteiger partial charge in [0.05, 0.1) is 15.6 Å². The van der Waals surface area contributed by atoms with Crippen molar-refractivity contribution in [3.63, 3.8) is 0 Å². The summed E-state index contributed by atoms with van der Waals surface area (Å²) >= 11 is 6.04. The Morgan fingerprint density at radius 3 is 2.28 bits per heavy atom. The van der Waals surface area contributed by atoms with Crippen molar-refractivity contribution in [2.45, 2.75) is 18.4 Å². The molecule has 0 aromatic heterocycles. The number of carbonyl (C=O) groups is 2. The molecular formula is C23H22ClN3O4S. The summed E-state index contributed by atoms with van der Waals surface area (Å²) in [5, 5.41) is 3.06. The first-order chi connectivity index (χ1) is 15.2. The van der Waals surface area contributed by atoms with Gasteiger partial charge in [0.25, 0.3) is 15.9 Å². The van der Waals surface area contributed by atoms with Crippen LogP contribution in [-0.2, 0) is 21.4 Å². The Kier molecular flexibility index (Phi) is 7.17. The van der Waals surface area contributed by atoms with Gasteiger partial charge in [-0.2, -0.15) is 0 Å². The molecule has 0 unspecified atom stereocenters. The summed E-state index contributed by atoms with van der Waals surface area (Å²) in [6, 6.07) is 19.3. The predicted octanol–water partition coefficient (Wildman–Crippen LogP) is 4.37. The van der Waals surface area contributed by atoms with Crippen LogP contribution in [-0.4, -0.2) is 32.2 Å². The normalized spacial score (nSPS) is 11.0. The van der Waals surface area contributed by atoms with Gasteiger partial charge in [0.2, 0.25) is 5.91 Å². The maximum absolute atomic E-state index is 12.8. The van der Waals surface area contributed by atoms with Crippen LogP contribution in [0, 0.1) is 0 Å². The van der Waals surface area contributed by atoms with E-state index >= 15 is 0 Å². The minimum absolute atomic E-state index is 0.0744. The highest BCUT2D eigenvalue weighted by Gasteiger charge is 2.18. The Morgan fingerprint density at radius 1 is 0.938 bits per heavy atom. The third-order valence-corrected chi connectivity index (χ3v) is 6.43. The number of benzene rings is 3. The average Bonchev–Trinajstić information content (AvgIpc) is 2.76. The van der Waals surface area contributed by atoms with Crippen molar-refractivity contribution in [2.75, 3.05) is 17.1 Å². The maximum atomic E-state index is 12.8. The first-order valence-corrected chi connectivity index (χ1v) is 11.5. The summed E-state index contributed by atoms with van der Waals surface area (Å²) in [7, 11) is -2.29. The van der Waals surface area contributed by atoms with E-state index in [0.29, 0.717) is 12.2 Å². The van der Waals surface area contributed by atoms with Crippen molar-refractivity contribution in [2.24, 2.45) is 0 Å². The Labute approximate surface area is 192 Å². The number of nitrogens with zero attached hydrogens (tertiary/aromatic N) is 1. The number of halogens is 1. The first-order valence-electron chi connectivity index (χ1n) is 9.66. The van der Waals surface area contributed by atoms with Gasteiger partial charge in [-0.25, -0.2) is 8.42 Å². The zero-order valence-corrected chi connectivity index (χ0v) is 19.1. The zero-order chi connectivity index (χ0) is 23.3. The van der Waals surface area contributed by atoms with Crippen LogP contribution in [0.1, 0.15) is 22.8 Å². The predicted molar refractivity (Wildman–Crippen MR) is 125 cm³/mol. The fourth-order valence-electron chi connectivity index (χ4n) is 2.89. The molecule has 0 aliphatic carbocycles. The lowest BCUT2D eigenvalue weighted by Gasteiger charge is -2.18. The molecule has 2 amide bonds. The molecule has 0 bridgehead atoms. The highest BCUT2D eigenvalue weighted by atomic mass is 35.5. The summed E-state index contributed by atoms with van der Waals surface area (Å²) in [6.45, 7) is 1.78. The maximum Gasteiger partial charge on any atom is 0.261 e. The second-order valence-electron chi connectivity index (χ2n) is 7.10. The molecule has 0 radical (unpaired) electrons. The van der Waals surface area contributed by atoms with E-state index in [4.69, 9.17) is 11.6 Å². The molecule has 166 valence electrons. The molecule has 0 aliphatic heterocycles. The molecule has 9 heteroatoms. The van der Waals surface area contributed by atoms with E-state index in [-0.39, 0.29) is 27.1 Å². The van der Waals surface area contributed by atoms with Crippen molar-refractivity contribution >= 4 is 44.8 Å². The SMILES string of the molecule is CC(=O)N(C)Cc1ccccc1NC(=O)c1cccc(S(=O)(=O)Nc2ccccc2Cl)c1. The van der Waals surface area contributed by atoms with E-state index in [1.54, 1.807) is 43.4 Å². The minimum atomic E-state index is -3.96. The van der Waals surface area contributed by atoms with Gasteiger partial charge in [-0.15, -0.1) is 0 Å².